The fourth-order valence-corrected chi connectivity index (χ4v) is 2.15. The first kappa shape index (κ1) is 17.4. The summed E-state index contributed by atoms with van der Waals surface area (Å²) in [6, 6.07) is 15.6. The van der Waals surface area contributed by atoms with Gasteiger partial charge in [-0.2, -0.15) is 5.26 Å². The lowest BCUT2D eigenvalue weighted by atomic mass is 10.1. The van der Waals surface area contributed by atoms with E-state index in [4.69, 9.17) is 16.9 Å². The Kier molecular flexibility index (Phi) is 6.23. The number of anilines is 1. The van der Waals surface area contributed by atoms with Crippen LogP contribution in [0.4, 0.5) is 5.69 Å². The van der Waals surface area contributed by atoms with Gasteiger partial charge in [0.2, 0.25) is 0 Å². The van der Waals surface area contributed by atoms with E-state index in [1.165, 1.54) is 6.20 Å². The molecule has 2 rings (SSSR count). The molecule has 2 aromatic carbocycles. The van der Waals surface area contributed by atoms with E-state index in [0.717, 1.165) is 5.56 Å². The van der Waals surface area contributed by atoms with Gasteiger partial charge in [0.1, 0.15) is 17.4 Å². The predicted molar refractivity (Wildman–Crippen MR) is 93.6 cm³/mol. The molecule has 0 saturated carbocycles. The van der Waals surface area contributed by atoms with Gasteiger partial charge in [-0.05, 0) is 42.3 Å². The number of amides is 1. The van der Waals surface area contributed by atoms with Crippen molar-refractivity contribution in [3.8, 4) is 11.8 Å². The number of nitrogens with zero attached hydrogens (tertiary/aromatic N) is 1. The Labute approximate surface area is 145 Å². The zero-order valence-electron chi connectivity index (χ0n) is 12.8. The molecular weight excluding hydrogens is 326 g/mol. The maximum atomic E-state index is 12.0. The second kappa shape index (κ2) is 8.61. The molecule has 5 nitrogen and oxygen atoms in total. The second-order valence-electron chi connectivity index (χ2n) is 5.00. The summed E-state index contributed by atoms with van der Waals surface area (Å²) in [6.45, 7) is 0.389. The van der Waals surface area contributed by atoms with Gasteiger partial charge in [-0.25, -0.2) is 0 Å². The molecule has 2 aromatic rings. The van der Waals surface area contributed by atoms with Crippen molar-refractivity contribution >= 4 is 23.2 Å². The topological polar surface area (TPSA) is 85.2 Å². The molecule has 6 heteroatoms. The lowest BCUT2D eigenvalue weighted by Crippen LogP contribution is -2.27. The average Bonchev–Trinajstić information content (AvgIpc) is 2.57. The van der Waals surface area contributed by atoms with Gasteiger partial charge in [-0.3, -0.25) is 4.79 Å². The van der Waals surface area contributed by atoms with Crippen molar-refractivity contribution in [2.24, 2.45) is 0 Å². The van der Waals surface area contributed by atoms with Crippen molar-refractivity contribution in [3.63, 3.8) is 0 Å². The zero-order chi connectivity index (χ0) is 17.4. The first-order chi connectivity index (χ1) is 11.6. The van der Waals surface area contributed by atoms with E-state index in [2.05, 4.69) is 10.6 Å². The fourth-order valence-electron chi connectivity index (χ4n) is 1.96. The number of hydrogen-bond donors (Lipinski definition) is 3. The number of aromatic hydroxyl groups is 1. The number of phenols is 1. The molecule has 24 heavy (non-hydrogen) atoms. The number of phenolic OH excluding ortho intramolecular Hbond substituents is 1. The standard InChI is InChI=1S/C18H16ClN3O2/c19-15-2-1-3-16(10-15)22-12-14(11-20)18(24)21-9-8-13-4-6-17(23)7-5-13/h1-7,10,12,22-23H,8-9H2,(H,21,24)/b14-12-. The van der Waals surface area contributed by atoms with Crippen molar-refractivity contribution in [3.05, 3.63) is 70.9 Å². The van der Waals surface area contributed by atoms with Gasteiger partial charge in [0.05, 0.1) is 0 Å². The summed E-state index contributed by atoms with van der Waals surface area (Å²) in [7, 11) is 0. The molecule has 0 radical (unpaired) electrons. The van der Waals surface area contributed by atoms with Gasteiger partial charge in [0, 0.05) is 23.5 Å². The maximum Gasteiger partial charge on any atom is 0.263 e. The van der Waals surface area contributed by atoms with Gasteiger partial charge in [0.15, 0.2) is 0 Å². The Morgan fingerprint density at radius 2 is 2.00 bits per heavy atom. The summed E-state index contributed by atoms with van der Waals surface area (Å²) in [5.41, 5.74) is 1.64. The molecule has 0 aliphatic rings. The Balaban J connectivity index is 1.88. The predicted octanol–water partition coefficient (Wildman–Crippen LogP) is 3.22. The van der Waals surface area contributed by atoms with E-state index in [-0.39, 0.29) is 11.3 Å². The quantitative estimate of drug-likeness (QED) is 0.556. The third-order valence-corrected chi connectivity index (χ3v) is 3.44. The number of carbonyl (C=O) groups is 1. The summed E-state index contributed by atoms with van der Waals surface area (Å²) in [4.78, 5) is 12.0. The molecule has 3 N–H and O–H groups in total. The first-order valence-electron chi connectivity index (χ1n) is 7.27. The highest BCUT2D eigenvalue weighted by Crippen LogP contribution is 2.15. The van der Waals surface area contributed by atoms with Crippen LogP contribution in [0, 0.1) is 11.3 Å². The van der Waals surface area contributed by atoms with Gasteiger partial charge in [-0.1, -0.05) is 29.8 Å². The van der Waals surface area contributed by atoms with E-state index in [1.807, 2.05) is 6.07 Å². The van der Waals surface area contributed by atoms with Crippen molar-refractivity contribution in [2.75, 3.05) is 11.9 Å². The number of nitrogens with one attached hydrogen (secondary N) is 2. The maximum absolute atomic E-state index is 12.0. The molecule has 0 aromatic heterocycles. The molecular formula is C18H16ClN3O2. The molecule has 0 atom stereocenters. The first-order valence-corrected chi connectivity index (χ1v) is 7.65. The van der Waals surface area contributed by atoms with Gasteiger partial charge < -0.3 is 15.7 Å². The number of nitriles is 1. The third kappa shape index (κ3) is 5.34. The van der Waals surface area contributed by atoms with Crippen LogP contribution in [0.15, 0.2) is 60.3 Å². The average molecular weight is 342 g/mol. The summed E-state index contributed by atoms with van der Waals surface area (Å²) in [5.74, 6) is -0.254. The van der Waals surface area contributed by atoms with Crippen LogP contribution in [0.5, 0.6) is 5.75 Å². The smallest absolute Gasteiger partial charge is 0.263 e. The third-order valence-electron chi connectivity index (χ3n) is 3.21. The van der Waals surface area contributed by atoms with Gasteiger partial charge >= 0.3 is 0 Å². The van der Waals surface area contributed by atoms with E-state index >= 15 is 0 Å². The van der Waals surface area contributed by atoms with E-state index < -0.39 is 5.91 Å². The summed E-state index contributed by atoms with van der Waals surface area (Å²) >= 11 is 5.87. The highest BCUT2D eigenvalue weighted by Gasteiger charge is 2.08. The fraction of sp³-hybridized carbons (Fsp3) is 0.111. The molecule has 0 aliphatic carbocycles. The van der Waals surface area contributed by atoms with Crippen LogP contribution in [-0.4, -0.2) is 17.6 Å². The van der Waals surface area contributed by atoms with Gasteiger partial charge in [0.25, 0.3) is 5.91 Å². The SMILES string of the molecule is N#C/C(=C/Nc1cccc(Cl)c1)C(=O)NCCc1ccc(O)cc1. The molecule has 122 valence electrons. The minimum atomic E-state index is -0.453. The van der Waals surface area contributed by atoms with E-state index in [9.17, 15) is 9.90 Å². The number of benzene rings is 2. The summed E-state index contributed by atoms with van der Waals surface area (Å²) < 4.78 is 0. The van der Waals surface area contributed by atoms with Crippen molar-refractivity contribution < 1.29 is 9.90 Å². The zero-order valence-corrected chi connectivity index (χ0v) is 13.5. The lowest BCUT2D eigenvalue weighted by molar-refractivity contribution is -0.117. The minimum absolute atomic E-state index is 0.0271. The monoisotopic (exact) mass is 341 g/mol. The highest BCUT2D eigenvalue weighted by atomic mass is 35.5. The minimum Gasteiger partial charge on any atom is -0.508 e. The van der Waals surface area contributed by atoms with Crippen molar-refractivity contribution in [1.29, 1.82) is 5.26 Å². The Hall–Kier alpha value is -2.97. The number of halogens is 1. The van der Waals surface area contributed by atoms with Gasteiger partial charge in [-0.15, -0.1) is 0 Å². The normalized spacial score (nSPS) is 10.8. The van der Waals surface area contributed by atoms with Crippen LogP contribution < -0.4 is 10.6 Å². The number of hydrogen-bond acceptors (Lipinski definition) is 4. The van der Waals surface area contributed by atoms with E-state index in [1.54, 1.807) is 48.5 Å². The largest absolute Gasteiger partial charge is 0.508 e. The Morgan fingerprint density at radius 3 is 2.67 bits per heavy atom. The molecule has 1 amide bonds. The number of carbonyl (C=O) groups excluding carboxylic acids is 1. The molecule has 0 heterocycles. The van der Waals surface area contributed by atoms with Crippen LogP contribution >= 0.6 is 11.6 Å². The lowest BCUT2D eigenvalue weighted by Gasteiger charge is -2.06. The molecule has 0 fully saturated rings. The molecule has 0 bridgehead atoms. The molecule has 0 aliphatic heterocycles. The summed E-state index contributed by atoms with van der Waals surface area (Å²) in [5, 5.41) is 24.4. The van der Waals surface area contributed by atoms with Crippen LogP contribution in [0.25, 0.3) is 0 Å². The van der Waals surface area contributed by atoms with Crippen molar-refractivity contribution in [1.82, 2.24) is 5.32 Å². The molecule has 0 spiro atoms. The highest BCUT2D eigenvalue weighted by molar-refractivity contribution is 6.30. The molecule has 0 saturated heterocycles. The number of rotatable bonds is 6. The molecule has 0 unspecified atom stereocenters. The van der Waals surface area contributed by atoms with Crippen molar-refractivity contribution in [2.45, 2.75) is 6.42 Å². The van der Waals surface area contributed by atoms with E-state index in [0.29, 0.717) is 23.7 Å². The van der Waals surface area contributed by atoms with Crippen LogP contribution in [-0.2, 0) is 11.2 Å². The Bertz CT molecular complexity index is 780. The van der Waals surface area contributed by atoms with Crippen LogP contribution in [0.2, 0.25) is 5.02 Å². The van der Waals surface area contributed by atoms with Crippen LogP contribution in [0.3, 0.4) is 0 Å². The van der Waals surface area contributed by atoms with Crippen LogP contribution in [0.1, 0.15) is 5.56 Å². The Morgan fingerprint density at radius 1 is 1.25 bits per heavy atom. The summed E-state index contributed by atoms with van der Waals surface area (Å²) in [6.07, 6.45) is 1.95. The second-order valence-corrected chi connectivity index (χ2v) is 5.43.